The fourth-order valence-electron chi connectivity index (χ4n) is 1.50. The van der Waals surface area contributed by atoms with E-state index in [0.29, 0.717) is 5.56 Å². The van der Waals surface area contributed by atoms with Crippen molar-refractivity contribution in [1.82, 2.24) is 10.6 Å². The third-order valence-corrected chi connectivity index (χ3v) is 2.64. The molecule has 2 amide bonds. The molecule has 9 heteroatoms. The maximum atomic E-state index is 11.5. The van der Waals surface area contributed by atoms with Crippen molar-refractivity contribution in [2.24, 2.45) is 0 Å². The van der Waals surface area contributed by atoms with Gasteiger partial charge >= 0.3 is 12.0 Å². The molecule has 21 heavy (non-hydrogen) atoms. The van der Waals surface area contributed by atoms with Crippen LogP contribution in [-0.4, -0.2) is 39.3 Å². The molecule has 0 aliphatic rings. The maximum absolute atomic E-state index is 11.5. The quantitative estimate of drug-likeness (QED) is 0.437. The smallest absolute Gasteiger partial charge is 0.328 e. The zero-order valence-electron chi connectivity index (χ0n) is 11.1. The van der Waals surface area contributed by atoms with E-state index in [2.05, 4.69) is 10.6 Å². The van der Waals surface area contributed by atoms with Gasteiger partial charge < -0.3 is 20.8 Å². The minimum Gasteiger partial charge on any atom is -0.480 e. The van der Waals surface area contributed by atoms with Crippen molar-refractivity contribution in [3.63, 3.8) is 0 Å². The number of carbonyl (C=O) groups excluding carboxylic acids is 1. The number of aliphatic carboxylic acids is 1. The molecule has 9 nitrogen and oxygen atoms in total. The number of benzene rings is 1. The van der Waals surface area contributed by atoms with Crippen molar-refractivity contribution < 1.29 is 24.7 Å². The van der Waals surface area contributed by atoms with Crippen LogP contribution in [0.2, 0.25) is 0 Å². The number of nitro benzene ring substituents is 1. The van der Waals surface area contributed by atoms with Gasteiger partial charge in [-0.05, 0) is 12.5 Å². The molecule has 0 fully saturated rings. The van der Waals surface area contributed by atoms with Gasteiger partial charge in [-0.25, -0.2) is 9.59 Å². The van der Waals surface area contributed by atoms with Crippen molar-refractivity contribution in [2.75, 3.05) is 0 Å². The van der Waals surface area contributed by atoms with Gasteiger partial charge in [-0.2, -0.15) is 0 Å². The highest BCUT2D eigenvalue weighted by Gasteiger charge is 2.24. The summed E-state index contributed by atoms with van der Waals surface area (Å²) in [7, 11) is 0. The molecule has 1 rings (SSSR count). The van der Waals surface area contributed by atoms with Gasteiger partial charge in [-0.3, -0.25) is 10.1 Å². The van der Waals surface area contributed by atoms with Crippen LogP contribution >= 0.6 is 0 Å². The zero-order valence-corrected chi connectivity index (χ0v) is 11.1. The molecular formula is C12H15N3O6. The molecule has 2 unspecified atom stereocenters. The monoisotopic (exact) mass is 297 g/mol. The first-order chi connectivity index (χ1) is 9.81. The molecule has 0 heterocycles. The Labute approximate surface area is 119 Å². The van der Waals surface area contributed by atoms with Crippen molar-refractivity contribution >= 4 is 17.7 Å². The first-order valence-corrected chi connectivity index (χ1v) is 6.00. The molecule has 0 aliphatic heterocycles. The first-order valence-electron chi connectivity index (χ1n) is 6.00. The normalized spacial score (nSPS) is 13.0. The van der Waals surface area contributed by atoms with Crippen molar-refractivity contribution in [3.05, 3.63) is 39.9 Å². The average molecular weight is 297 g/mol. The Morgan fingerprint density at radius 3 is 2.33 bits per heavy atom. The molecule has 0 saturated heterocycles. The summed E-state index contributed by atoms with van der Waals surface area (Å²) in [6.45, 7) is 1.31. The van der Waals surface area contributed by atoms with Gasteiger partial charge in [0.15, 0.2) is 6.04 Å². The number of hydrogen-bond acceptors (Lipinski definition) is 5. The second kappa shape index (κ2) is 7.20. The molecule has 1 aromatic carbocycles. The SMILES string of the molecule is CC(O)C(NC(=O)NCc1ccc([N+](=O)[O-])cc1)C(=O)O. The number of nitrogens with zero attached hydrogens (tertiary/aromatic N) is 1. The average Bonchev–Trinajstić information content (AvgIpc) is 2.42. The third kappa shape index (κ3) is 5.07. The van der Waals surface area contributed by atoms with Crippen LogP contribution in [-0.2, 0) is 11.3 Å². The number of rotatable bonds is 6. The molecular weight excluding hydrogens is 282 g/mol. The number of hydrogen-bond donors (Lipinski definition) is 4. The molecule has 0 bridgehead atoms. The van der Waals surface area contributed by atoms with Gasteiger partial charge in [0.05, 0.1) is 11.0 Å². The number of non-ortho nitro benzene ring substituents is 1. The molecule has 2 atom stereocenters. The summed E-state index contributed by atoms with van der Waals surface area (Å²) < 4.78 is 0. The number of aliphatic hydroxyl groups excluding tert-OH is 1. The lowest BCUT2D eigenvalue weighted by molar-refractivity contribution is -0.384. The molecule has 114 valence electrons. The Morgan fingerprint density at radius 2 is 1.90 bits per heavy atom. The van der Waals surface area contributed by atoms with E-state index in [0.717, 1.165) is 0 Å². The van der Waals surface area contributed by atoms with Crippen molar-refractivity contribution in [2.45, 2.75) is 25.6 Å². The van der Waals surface area contributed by atoms with Gasteiger partial charge in [0, 0.05) is 18.7 Å². The highest BCUT2D eigenvalue weighted by atomic mass is 16.6. The van der Waals surface area contributed by atoms with Gasteiger partial charge in [0.25, 0.3) is 5.69 Å². The van der Waals surface area contributed by atoms with Crippen LogP contribution in [0.1, 0.15) is 12.5 Å². The number of carboxylic acids is 1. The Bertz CT molecular complexity index is 528. The van der Waals surface area contributed by atoms with Gasteiger partial charge in [-0.1, -0.05) is 12.1 Å². The molecule has 1 aromatic rings. The predicted octanol–water partition coefficient (Wildman–Crippen LogP) is 0.228. The number of nitro groups is 1. The lowest BCUT2D eigenvalue weighted by Crippen LogP contribution is -2.50. The maximum Gasteiger partial charge on any atom is 0.328 e. The lowest BCUT2D eigenvalue weighted by Gasteiger charge is -2.17. The zero-order chi connectivity index (χ0) is 16.0. The standard InChI is InChI=1S/C12H15N3O6/c1-7(16)10(11(17)18)14-12(19)13-6-8-2-4-9(5-3-8)15(20)21/h2-5,7,10,16H,6H2,1H3,(H,17,18)(H2,13,14,19). The summed E-state index contributed by atoms with van der Waals surface area (Å²) in [5, 5.41) is 33.0. The molecule has 0 saturated carbocycles. The fraction of sp³-hybridized carbons (Fsp3) is 0.333. The Morgan fingerprint density at radius 1 is 1.33 bits per heavy atom. The predicted molar refractivity (Wildman–Crippen MR) is 71.6 cm³/mol. The lowest BCUT2D eigenvalue weighted by atomic mass is 10.2. The van der Waals surface area contributed by atoms with E-state index >= 15 is 0 Å². The first kappa shape index (κ1) is 16.4. The van der Waals surface area contributed by atoms with Gasteiger partial charge in [-0.15, -0.1) is 0 Å². The Balaban J connectivity index is 2.52. The fourth-order valence-corrected chi connectivity index (χ4v) is 1.50. The molecule has 0 aliphatic carbocycles. The topological polar surface area (TPSA) is 142 Å². The van der Waals surface area contributed by atoms with Crippen LogP contribution in [0.5, 0.6) is 0 Å². The van der Waals surface area contributed by atoms with Crippen LogP contribution < -0.4 is 10.6 Å². The third-order valence-electron chi connectivity index (χ3n) is 2.64. The van der Waals surface area contributed by atoms with Crippen LogP contribution in [0, 0.1) is 10.1 Å². The highest BCUT2D eigenvalue weighted by Crippen LogP contribution is 2.11. The number of aliphatic hydroxyl groups is 1. The van der Waals surface area contributed by atoms with Crippen molar-refractivity contribution in [1.29, 1.82) is 0 Å². The van der Waals surface area contributed by atoms with E-state index in [1.807, 2.05) is 0 Å². The van der Waals surface area contributed by atoms with Gasteiger partial charge in [0.1, 0.15) is 0 Å². The second-order valence-corrected chi connectivity index (χ2v) is 4.31. The van der Waals surface area contributed by atoms with Gasteiger partial charge in [0.2, 0.25) is 0 Å². The summed E-state index contributed by atoms with van der Waals surface area (Å²) in [4.78, 5) is 32.2. The van der Waals surface area contributed by atoms with E-state index in [1.165, 1.54) is 31.2 Å². The summed E-state index contributed by atoms with van der Waals surface area (Å²) >= 11 is 0. The number of carboxylic acid groups (broad SMARTS) is 1. The number of urea groups is 1. The summed E-state index contributed by atoms with van der Waals surface area (Å²) in [6.07, 6.45) is -1.24. The van der Waals surface area contributed by atoms with E-state index in [4.69, 9.17) is 5.11 Å². The van der Waals surface area contributed by atoms with E-state index in [-0.39, 0.29) is 12.2 Å². The van der Waals surface area contributed by atoms with E-state index in [9.17, 15) is 24.8 Å². The Kier molecular flexibility index (Phi) is 5.61. The van der Waals surface area contributed by atoms with Crippen molar-refractivity contribution in [3.8, 4) is 0 Å². The number of carbonyl (C=O) groups is 2. The van der Waals surface area contributed by atoms with Crippen LogP contribution in [0.25, 0.3) is 0 Å². The number of nitrogens with one attached hydrogen (secondary N) is 2. The Hall–Kier alpha value is -2.68. The van der Waals surface area contributed by atoms with Crippen LogP contribution in [0.15, 0.2) is 24.3 Å². The minimum atomic E-state index is -1.41. The molecule has 4 N–H and O–H groups in total. The molecule has 0 aromatic heterocycles. The summed E-state index contributed by atoms with van der Waals surface area (Å²) in [5.41, 5.74) is 0.544. The molecule has 0 spiro atoms. The second-order valence-electron chi connectivity index (χ2n) is 4.31. The highest BCUT2D eigenvalue weighted by molar-refractivity contribution is 5.82. The molecule has 0 radical (unpaired) electrons. The van der Waals surface area contributed by atoms with E-state index in [1.54, 1.807) is 0 Å². The summed E-state index contributed by atoms with van der Waals surface area (Å²) in [6, 6.07) is 3.36. The van der Waals surface area contributed by atoms with E-state index < -0.39 is 29.1 Å². The van der Waals surface area contributed by atoms with Crippen LogP contribution in [0.4, 0.5) is 10.5 Å². The minimum absolute atomic E-state index is 0.0655. The summed E-state index contributed by atoms with van der Waals surface area (Å²) in [5.74, 6) is -1.35. The largest absolute Gasteiger partial charge is 0.480 e. The number of amides is 2. The van der Waals surface area contributed by atoms with Crippen LogP contribution in [0.3, 0.4) is 0 Å².